The normalized spacial score (nSPS) is 10.4. The van der Waals surface area contributed by atoms with E-state index in [1.54, 1.807) is 6.92 Å². The lowest BCUT2D eigenvalue weighted by Crippen LogP contribution is -2.26. The van der Waals surface area contributed by atoms with Crippen LogP contribution in [0.1, 0.15) is 41.1 Å². The summed E-state index contributed by atoms with van der Waals surface area (Å²) in [6, 6.07) is 2.60. The Kier molecular flexibility index (Phi) is 6.37. The van der Waals surface area contributed by atoms with Gasteiger partial charge < -0.3 is 10.6 Å². The number of benzene rings is 1. The zero-order valence-corrected chi connectivity index (χ0v) is 15.2. The van der Waals surface area contributed by atoms with Crippen molar-refractivity contribution < 1.29 is 19.4 Å². The van der Waals surface area contributed by atoms with Crippen LogP contribution in [0.5, 0.6) is 0 Å². The van der Waals surface area contributed by atoms with E-state index >= 15 is 0 Å². The molecule has 148 valence electrons. The number of hydrogen-bond donors (Lipinski definition) is 2. The van der Waals surface area contributed by atoms with Gasteiger partial charge in [0.05, 0.1) is 27.2 Å². The fourth-order valence-electron chi connectivity index (χ4n) is 2.30. The number of carbonyl (C=O) groups is 2. The van der Waals surface area contributed by atoms with Gasteiger partial charge in [0.2, 0.25) is 0 Å². The van der Waals surface area contributed by atoms with E-state index in [0.717, 1.165) is 18.2 Å². The molecule has 0 aliphatic heterocycles. The summed E-state index contributed by atoms with van der Waals surface area (Å²) in [5.41, 5.74) is -1.41. The third-order valence-electron chi connectivity index (χ3n) is 3.67. The summed E-state index contributed by atoms with van der Waals surface area (Å²) in [7, 11) is 0. The number of anilines is 1. The molecule has 1 aromatic heterocycles. The molecule has 1 heterocycles. The predicted molar refractivity (Wildman–Crippen MR) is 98.2 cm³/mol. The average Bonchev–Trinajstić information content (AvgIpc) is 3.08. The van der Waals surface area contributed by atoms with E-state index in [1.165, 1.54) is 10.9 Å². The Morgan fingerprint density at radius 2 is 1.68 bits per heavy atom. The van der Waals surface area contributed by atoms with E-state index < -0.39 is 33.0 Å². The van der Waals surface area contributed by atoms with Crippen molar-refractivity contribution in [2.45, 2.75) is 26.8 Å². The molecule has 12 nitrogen and oxygen atoms in total. The van der Waals surface area contributed by atoms with E-state index in [0.29, 0.717) is 19.5 Å². The minimum absolute atomic E-state index is 0.0245. The van der Waals surface area contributed by atoms with E-state index in [2.05, 4.69) is 15.7 Å². The van der Waals surface area contributed by atoms with Crippen molar-refractivity contribution in [3.05, 3.63) is 55.9 Å². The van der Waals surface area contributed by atoms with Crippen LogP contribution < -0.4 is 10.6 Å². The highest BCUT2D eigenvalue weighted by Gasteiger charge is 2.23. The molecule has 0 aliphatic rings. The lowest BCUT2D eigenvalue weighted by atomic mass is 10.1. The number of nitro benzene ring substituents is 2. The Hall–Kier alpha value is -3.83. The molecular weight excluding hydrogens is 372 g/mol. The van der Waals surface area contributed by atoms with Crippen molar-refractivity contribution in [2.75, 3.05) is 11.9 Å². The van der Waals surface area contributed by atoms with Gasteiger partial charge in [-0.25, -0.2) is 0 Å². The molecule has 2 N–H and O–H groups in total. The zero-order chi connectivity index (χ0) is 20.8. The summed E-state index contributed by atoms with van der Waals surface area (Å²) in [4.78, 5) is 45.1. The summed E-state index contributed by atoms with van der Waals surface area (Å²) in [5, 5.41) is 31.1. The lowest BCUT2D eigenvalue weighted by Gasteiger charge is -2.06. The zero-order valence-electron chi connectivity index (χ0n) is 15.2. The Morgan fingerprint density at radius 3 is 2.18 bits per heavy atom. The van der Waals surface area contributed by atoms with Crippen LogP contribution in [0.4, 0.5) is 17.1 Å². The highest BCUT2D eigenvalue weighted by molar-refractivity contribution is 6.08. The first-order valence-electron chi connectivity index (χ1n) is 8.37. The number of nitrogens with zero attached hydrogens (tertiary/aromatic N) is 4. The number of hydrogen-bond acceptors (Lipinski definition) is 7. The molecule has 0 aliphatic carbocycles. The lowest BCUT2D eigenvalue weighted by molar-refractivity contribution is -0.394. The topological polar surface area (TPSA) is 162 Å². The van der Waals surface area contributed by atoms with Gasteiger partial charge in [-0.15, -0.1) is 0 Å². The third kappa shape index (κ3) is 4.66. The van der Waals surface area contributed by atoms with Crippen molar-refractivity contribution in [3.8, 4) is 0 Å². The highest BCUT2D eigenvalue weighted by atomic mass is 16.6. The molecule has 0 fully saturated rings. The third-order valence-corrected chi connectivity index (χ3v) is 3.67. The fourth-order valence-corrected chi connectivity index (χ4v) is 2.30. The SMILES string of the molecule is CCCNC(=O)c1nn(CC)cc1NC(=O)c1cc([N+](=O)[O-])cc([N+](=O)[O-])c1. The summed E-state index contributed by atoms with van der Waals surface area (Å²) in [5.74, 6) is -1.33. The van der Waals surface area contributed by atoms with Crippen LogP contribution in [0.2, 0.25) is 0 Å². The summed E-state index contributed by atoms with van der Waals surface area (Å²) < 4.78 is 1.44. The number of aryl methyl sites for hydroxylation is 1. The monoisotopic (exact) mass is 390 g/mol. The molecule has 0 saturated heterocycles. The van der Waals surface area contributed by atoms with Gasteiger partial charge >= 0.3 is 0 Å². The highest BCUT2D eigenvalue weighted by Crippen LogP contribution is 2.24. The number of rotatable bonds is 8. The first kappa shape index (κ1) is 20.5. The molecule has 0 spiro atoms. The van der Waals surface area contributed by atoms with E-state index in [-0.39, 0.29) is 16.9 Å². The van der Waals surface area contributed by atoms with Crippen molar-refractivity contribution in [1.82, 2.24) is 15.1 Å². The van der Waals surface area contributed by atoms with Crippen molar-refractivity contribution in [3.63, 3.8) is 0 Å². The number of carbonyl (C=O) groups excluding carboxylic acids is 2. The van der Waals surface area contributed by atoms with Crippen LogP contribution in [0, 0.1) is 20.2 Å². The number of nitro groups is 2. The van der Waals surface area contributed by atoms with Crippen LogP contribution >= 0.6 is 0 Å². The van der Waals surface area contributed by atoms with E-state index in [9.17, 15) is 29.8 Å². The van der Waals surface area contributed by atoms with Gasteiger partial charge in [-0.2, -0.15) is 5.10 Å². The van der Waals surface area contributed by atoms with E-state index in [4.69, 9.17) is 0 Å². The van der Waals surface area contributed by atoms with Gasteiger partial charge in [0, 0.05) is 31.4 Å². The standard InChI is InChI=1S/C16H18N6O6/c1-3-5-17-16(24)14-13(9-20(4-2)19-14)18-15(23)10-6-11(21(25)26)8-12(7-10)22(27)28/h6-9H,3-5H2,1-2H3,(H,17,24)(H,18,23). The maximum absolute atomic E-state index is 12.5. The number of amides is 2. The minimum Gasteiger partial charge on any atom is -0.351 e. The van der Waals surface area contributed by atoms with Gasteiger partial charge in [-0.05, 0) is 13.3 Å². The summed E-state index contributed by atoms with van der Waals surface area (Å²) in [6.07, 6.45) is 2.14. The second kappa shape index (κ2) is 8.70. The van der Waals surface area contributed by atoms with Gasteiger partial charge in [0.15, 0.2) is 5.69 Å². The second-order valence-electron chi connectivity index (χ2n) is 5.71. The molecule has 12 heteroatoms. The largest absolute Gasteiger partial charge is 0.351 e. The van der Waals surface area contributed by atoms with Crippen LogP contribution in [0.3, 0.4) is 0 Å². The maximum Gasteiger partial charge on any atom is 0.277 e. The quantitative estimate of drug-likeness (QED) is 0.515. The fraction of sp³-hybridized carbons (Fsp3) is 0.312. The molecule has 0 unspecified atom stereocenters. The Morgan fingerprint density at radius 1 is 1.07 bits per heavy atom. The van der Waals surface area contributed by atoms with Crippen LogP contribution in [-0.2, 0) is 6.54 Å². The minimum atomic E-state index is -0.841. The van der Waals surface area contributed by atoms with Crippen LogP contribution in [0.25, 0.3) is 0 Å². The molecule has 0 radical (unpaired) electrons. The molecule has 2 amide bonds. The summed E-state index contributed by atoms with van der Waals surface area (Å²) >= 11 is 0. The molecule has 1 aromatic carbocycles. The van der Waals surface area contributed by atoms with Crippen molar-refractivity contribution >= 4 is 28.9 Å². The van der Waals surface area contributed by atoms with Crippen molar-refractivity contribution in [2.24, 2.45) is 0 Å². The van der Waals surface area contributed by atoms with Gasteiger partial charge in [-0.3, -0.25) is 34.5 Å². The smallest absolute Gasteiger partial charge is 0.277 e. The van der Waals surface area contributed by atoms with Crippen LogP contribution in [-0.4, -0.2) is 38.0 Å². The molecule has 28 heavy (non-hydrogen) atoms. The van der Waals surface area contributed by atoms with Gasteiger partial charge in [0.1, 0.15) is 0 Å². The molecule has 2 rings (SSSR count). The van der Waals surface area contributed by atoms with Gasteiger partial charge in [-0.1, -0.05) is 6.92 Å². The van der Waals surface area contributed by atoms with Gasteiger partial charge in [0.25, 0.3) is 23.2 Å². The number of aromatic nitrogens is 2. The first-order valence-corrected chi connectivity index (χ1v) is 8.37. The van der Waals surface area contributed by atoms with E-state index in [1.807, 2.05) is 6.92 Å². The average molecular weight is 390 g/mol. The first-order chi connectivity index (χ1) is 13.3. The second-order valence-corrected chi connectivity index (χ2v) is 5.71. The Bertz CT molecular complexity index is 905. The van der Waals surface area contributed by atoms with Crippen molar-refractivity contribution in [1.29, 1.82) is 0 Å². The Balaban J connectivity index is 2.37. The molecular formula is C16H18N6O6. The van der Waals surface area contributed by atoms with Crippen LogP contribution in [0.15, 0.2) is 24.4 Å². The predicted octanol–water partition coefficient (Wildman–Crippen LogP) is 2.11. The molecule has 2 aromatic rings. The molecule has 0 atom stereocenters. The molecule has 0 bridgehead atoms. The number of nitrogens with one attached hydrogen (secondary N) is 2. The summed E-state index contributed by atoms with van der Waals surface area (Å²) in [6.45, 7) is 4.52. The molecule has 0 saturated carbocycles. The Labute approximate surface area is 158 Å². The maximum atomic E-state index is 12.5. The number of non-ortho nitro benzene ring substituents is 2.